The van der Waals surface area contributed by atoms with Crippen LogP contribution in [0.4, 0.5) is 5.69 Å². The van der Waals surface area contributed by atoms with Crippen LogP contribution in [0.3, 0.4) is 0 Å². The van der Waals surface area contributed by atoms with Gasteiger partial charge in [0.15, 0.2) is 0 Å². The summed E-state index contributed by atoms with van der Waals surface area (Å²) in [5.74, 6) is -1.05. The number of furan rings is 1. The number of allylic oxidation sites excluding steroid dienone is 2. The van der Waals surface area contributed by atoms with E-state index >= 15 is 0 Å². The van der Waals surface area contributed by atoms with Gasteiger partial charge in [-0.15, -0.1) is 0 Å². The van der Waals surface area contributed by atoms with Crippen LogP contribution in [0, 0.1) is 25.2 Å². The number of carbonyl (C=O) groups is 2. The molecule has 4 N–H and O–H groups in total. The Morgan fingerprint density at radius 1 is 1.23 bits per heavy atom. The number of aryl methyl sites for hydroxylation is 2. The summed E-state index contributed by atoms with van der Waals surface area (Å²) < 4.78 is 5.58. The Morgan fingerprint density at radius 2 is 1.93 bits per heavy atom. The van der Waals surface area contributed by atoms with Crippen molar-refractivity contribution < 1.29 is 14.0 Å². The number of nitrogens with zero attached hydrogens (tertiary/aromatic N) is 1. The minimum absolute atomic E-state index is 0.00953. The molecule has 30 heavy (non-hydrogen) atoms. The topological polar surface area (TPSA) is 121 Å². The Balaban J connectivity index is 2.04. The van der Waals surface area contributed by atoms with Crippen LogP contribution >= 0.6 is 11.8 Å². The number of hydrogen-bond acceptors (Lipinski definition) is 6. The largest absolute Gasteiger partial charge is 0.468 e. The zero-order valence-corrected chi connectivity index (χ0v) is 17.7. The molecule has 2 amide bonds. The van der Waals surface area contributed by atoms with Crippen LogP contribution in [-0.2, 0) is 9.59 Å². The van der Waals surface area contributed by atoms with Gasteiger partial charge in [-0.1, -0.05) is 30.0 Å². The molecular weight excluding hydrogens is 400 g/mol. The summed E-state index contributed by atoms with van der Waals surface area (Å²) in [7, 11) is 0. The van der Waals surface area contributed by atoms with Gasteiger partial charge >= 0.3 is 0 Å². The molecule has 1 aliphatic heterocycles. The lowest BCUT2D eigenvalue weighted by Crippen LogP contribution is -2.31. The molecule has 1 aliphatic rings. The number of nitriles is 1. The number of primary amides is 1. The lowest BCUT2D eigenvalue weighted by Gasteiger charge is -2.28. The standard InChI is InChI=1S/C22H22N4O3S/c1-12-6-4-7-13(2)20(12)26-21(28)18-14(3)25-22(30-11-17(24)27)15(10-23)19(18)16-8-5-9-29-16/h4-9,19,25H,11H2,1-3H3,(H2,24,27)(H,26,28). The van der Waals surface area contributed by atoms with Crippen LogP contribution in [0.2, 0.25) is 0 Å². The van der Waals surface area contributed by atoms with E-state index in [0.717, 1.165) is 28.6 Å². The maximum atomic E-state index is 13.4. The van der Waals surface area contributed by atoms with Gasteiger partial charge in [-0.2, -0.15) is 5.26 Å². The molecule has 0 saturated heterocycles. The quantitative estimate of drug-likeness (QED) is 0.656. The summed E-state index contributed by atoms with van der Waals surface area (Å²) in [5.41, 5.74) is 9.13. The first-order valence-electron chi connectivity index (χ1n) is 9.27. The Hall–Kier alpha value is -3.44. The Kier molecular flexibility index (Phi) is 6.33. The van der Waals surface area contributed by atoms with Gasteiger partial charge in [-0.25, -0.2) is 0 Å². The van der Waals surface area contributed by atoms with E-state index in [-0.39, 0.29) is 11.7 Å². The molecule has 0 fully saturated rings. The molecule has 3 rings (SSSR count). The average Bonchev–Trinajstić information content (AvgIpc) is 3.23. The number of para-hydroxylation sites is 1. The van der Waals surface area contributed by atoms with Gasteiger partial charge in [0.25, 0.3) is 5.91 Å². The highest BCUT2D eigenvalue weighted by molar-refractivity contribution is 8.03. The molecule has 1 unspecified atom stereocenters. The van der Waals surface area contributed by atoms with Gasteiger partial charge in [0, 0.05) is 11.4 Å². The summed E-state index contributed by atoms with van der Waals surface area (Å²) in [6, 6.07) is 11.4. The summed E-state index contributed by atoms with van der Waals surface area (Å²) >= 11 is 1.13. The number of carbonyl (C=O) groups excluding carboxylic acids is 2. The average molecular weight is 423 g/mol. The number of thioether (sulfide) groups is 1. The maximum Gasteiger partial charge on any atom is 0.254 e. The van der Waals surface area contributed by atoms with Crippen molar-refractivity contribution in [2.24, 2.45) is 5.73 Å². The number of benzene rings is 1. The van der Waals surface area contributed by atoms with Crippen molar-refractivity contribution in [3.63, 3.8) is 0 Å². The summed E-state index contributed by atoms with van der Waals surface area (Å²) in [5, 5.41) is 16.5. The van der Waals surface area contributed by atoms with Crippen molar-refractivity contribution in [1.82, 2.24) is 5.32 Å². The van der Waals surface area contributed by atoms with E-state index in [0.29, 0.717) is 27.6 Å². The highest BCUT2D eigenvalue weighted by atomic mass is 32.2. The molecule has 2 aromatic rings. The van der Waals surface area contributed by atoms with Crippen LogP contribution in [0.15, 0.2) is 62.9 Å². The van der Waals surface area contributed by atoms with Gasteiger partial charge in [-0.05, 0) is 44.0 Å². The van der Waals surface area contributed by atoms with Crippen LogP contribution in [0.25, 0.3) is 0 Å². The highest BCUT2D eigenvalue weighted by Crippen LogP contribution is 2.41. The van der Waals surface area contributed by atoms with Crippen LogP contribution in [0.1, 0.15) is 29.7 Å². The third-order valence-corrected chi connectivity index (χ3v) is 5.84. The minimum Gasteiger partial charge on any atom is -0.468 e. The molecule has 0 radical (unpaired) electrons. The van der Waals surface area contributed by atoms with E-state index in [1.54, 1.807) is 19.1 Å². The molecule has 8 heteroatoms. The molecule has 0 aliphatic carbocycles. The number of amides is 2. The number of dihydropyridines is 1. The molecule has 0 saturated carbocycles. The Labute approximate surface area is 179 Å². The molecule has 0 spiro atoms. The van der Waals surface area contributed by atoms with Gasteiger partial charge in [0.05, 0.1) is 40.2 Å². The Bertz CT molecular complexity index is 1070. The van der Waals surface area contributed by atoms with Gasteiger partial charge in [-0.3, -0.25) is 9.59 Å². The van der Waals surface area contributed by atoms with E-state index in [2.05, 4.69) is 16.7 Å². The van der Waals surface area contributed by atoms with Crippen LogP contribution < -0.4 is 16.4 Å². The van der Waals surface area contributed by atoms with Gasteiger partial charge in [0.2, 0.25) is 5.91 Å². The SMILES string of the molecule is CC1=C(C(=O)Nc2c(C)cccc2C)C(c2ccco2)C(C#N)=C(SCC(N)=O)N1. The minimum atomic E-state index is -0.703. The van der Waals surface area contributed by atoms with Crippen molar-refractivity contribution in [2.75, 3.05) is 11.1 Å². The lowest BCUT2D eigenvalue weighted by atomic mass is 9.85. The van der Waals surface area contributed by atoms with E-state index in [9.17, 15) is 14.9 Å². The predicted octanol–water partition coefficient (Wildman–Crippen LogP) is 3.45. The first-order chi connectivity index (χ1) is 14.3. The number of anilines is 1. The fourth-order valence-electron chi connectivity index (χ4n) is 3.40. The first-order valence-corrected chi connectivity index (χ1v) is 10.3. The van der Waals surface area contributed by atoms with E-state index < -0.39 is 11.8 Å². The number of hydrogen-bond donors (Lipinski definition) is 3. The van der Waals surface area contributed by atoms with Crippen molar-refractivity contribution >= 4 is 29.3 Å². The molecular formula is C22H22N4O3S. The molecule has 0 bridgehead atoms. The van der Waals surface area contributed by atoms with Gasteiger partial charge < -0.3 is 20.8 Å². The predicted molar refractivity (Wildman–Crippen MR) is 116 cm³/mol. The fourth-order valence-corrected chi connectivity index (χ4v) is 4.23. The zero-order chi connectivity index (χ0) is 21.8. The van der Waals surface area contributed by atoms with Crippen molar-refractivity contribution in [1.29, 1.82) is 5.26 Å². The number of nitrogens with two attached hydrogens (primary N) is 1. The monoisotopic (exact) mass is 422 g/mol. The maximum absolute atomic E-state index is 13.4. The summed E-state index contributed by atoms with van der Waals surface area (Å²) in [6.07, 6.45) is 1.50. The second-order valence-corrected chi connectivity index (χ2v) is 7.93. The summed E-state index contributed by atoms with van der Waals surface area (Å²) in [6.45, 7) is 5.60. The van der Waals surface area contributed by atoms with Gasteiger partial charge in [0.1, 0.15) is 5.76 Å². The zero-order valence-electron chi connectivity index (χ0n) is 16.9. The van der Waals surface area contributed by atoms with E-state index in [1.165, 1.54) is 6.26 Å². The third kappa shape index (κ3) is 4.26. The van der Waals surface area contributed by atoms with Crippen molar-refractivity contribution in [3.8, 4) is 6.07 Å². The fraction of sp³-hybridized carbons (Fsp3) is 0.227. The van der Waals surface area contributed by atoms with Crippen molar-refractivity contribution in [2.45, 2.75) is 26.7 Å². The normalized spacial score (nSPS) is 16.1. The molecule has 2 heterocycles. The second kappa shape index (κ2) is 8.93. The Morgan fingerprint density at radius 3 is 2.50 bits per heavy atom. The van der Waals surface area contributed by atoms with Crippen LogP contribution in [0.5, 0.6) is 0 Å². The smallest absolute Gasteiger partial charge is 0.254 e. The molecule has 7 nitrogen and oxygen atoms in total. The van der Waals surface area contributed by atoms with Crippen molar-refractivity contribution in [3.05, 3.63) is 75.4 Å². The first kappa shape index (κ1) is 21.3. The molecule has 1 aromatic carbocycles. The molecule has 1 aromatic heterocycles. The summed E-state index contributed by atoms with van der Waals surface area (Å²) in [4.78, 5) is 24.6. The van der Waals surface area contributed by atoms with Crippen LogP contribution in [-0.4, -0.2) is 17.6 Å². The number of nitrogens with one attached hydrogen (secondary N) is 2. The second-order valence-electron chi connectivity index (χ2n) is 6.94. The third-order valence-electron chi connectivity index (χ3n) is 4.80. The highest BCUT2D eigenvalue weighted by Gasteiger charge is 2.36. The number of rotatable bonds is 6. The van der Waals surface area contributed by atoms with E-state index in [4.69, 9.17) is 10.2 Å². The lowest BCUT2D eigenvalue weighted by molar-refractivity contribution is -0.115. The molecule has 1 atom stereocenters. The van der Waals surface area contributed by atoms with E-state index in [1.807, 2.05) is 32.0 Å². The molecule has 154 valence electrons.